The Morgan fingerprint density at radius 1 is 1.00 bits per heavy atom. The van der Waals surface area contributed by atoms with E-state index >= 15 is 0 Å². The van der Waals surface area contributed by atoms with E-state index in [1.807, 2.05) is 12.1 Å². The van der Waals surface area contributed by atoms with Crippen LogP contribution in [0.2, 0.25) is 0 Å². The Bertz CT molecular complexity index is 903. The molecule has 172 valence electrons. The van der Waals surface area contributed by atoms with Crippen molar-refractivity contribution in [1.82, 2.24) is 5.32 Å². The van der Waals surface area contributed by atoms with Crippen molar-refractivity contribution in [1.29, 1.82) is 0 Å². The van der Waals surface area contributed by atoms with Gasteiger partial charge in [-0.1, -0.05) is 0 Å². The second kappa shape index (κ2) is 13.0. The second-order valence-electron chi connectivity index (χ2n) is 6.82. The number of anilines is 3. The lowest BCUT2D eigenvalue weighted by atomic mass is 10.1. The van der Waals surface area contributed by atoms with Crippen LogP contribution in [0.15, 0.2) is 48.5 Å². The van der Waals surface area contributed by atoms with Gasteiger partial charge in [0, 0.05) is 48.8 Å². The van der Waals surface area contributed by atoms with Crippen molar-refractivity contribution >= 4 is 58.2 Å². The topological polar surface area (TPSA) is 122 Å². The maximum Gasteiger partial charge on any atom is 0.323 e. The van der Waals surface area contributed by atoms with Crippen LogP contribution in [0, 0.1) is 0 Å². The Hall–Kier alpha value is -2.73. The molecule has 0 unspecified atom stereocenters. The number of hydrogen-bond acceptors (Lipinski definition) is 8. The number of nitrogens with zero attached hydrogens (tertiary/aromatic N) is 2. The van der Waals surface area contributed by atoms with Gasteiger partial charge >= 0.3 is 5.97 Å². The molecule has 11 heteroatoms. The summed E-state index contributed by atoms with van der Waals surface area (Å²) in [6.45, 7) is 2.36. The SMILES string of the molecule is O=C(O)CN(C(=O)CO)c1ccc(NC(=O)c2ccc(N3CCNCC3)cc2)cc1.SS. The Labute approximate surface area is 196 Å². The Morgan fingerprint density at radius 3 is 2.12 bits per heavy atom. The van der Waals surface area contributed by atoms with E-state index < -0.39 is 25.0 Å². The van der Waals surface area contributed by atoms with Gasteiger partial charge < -0.3 is 25.7 Å². The normalized spacial score (nSPS) is 12.9. The minimum absolute atomic E-state index is 0.275. The van der Waals surface area contributed by atoms with E-state index in [9.17, 15) is 14.4 Å². The maximum absolute atomic E-state index is 12.5. The summed E-state index contributed by atoms with van der Waals surface area (Å²) >= 11 is 6.44. The molecule has 1 fully saturated rings. The third-order valence-corrected chi connectivity index (χ3v) is 4.78. The zero-order valence-electron chi connectivity index (χ0n) is 17.3. The molecule has 1 aliphatic heterocycles. The first kappa shape index (κ1) is 25.5. The highest BCUT2D eigenvalue weighted by Gasteiger charge is 2.18. The quantitative estimate of drug-likeness (QED) is 0.264. The fourth-order valence-corrected chi connectivity index (χ4v) is 3.22. The van der Waals surface area contributed by atoms with Crippen molar-refractivity contribution in [3.63, 3.8) is 0 Å². The minimum atomic E-state index is -1.20. The third kappa shape index (κ3) is 7.16. The summed E-state index contributed by atoms with van der Waals surface area (Å²) in [6.07, 6.45) is 0. The lowest BCUT2D eigenvalue weighted by Gasteiger charge is -2.29. The van der Waals surface area contributed by atoms with Gasteiger partial charge in [0.2, 0.25) is 0 Å². The van der Waals surface area contributed by atoms with Crippen LogP contribution >= 0.6 is 23.3 Å². The first-order chi connectivity index (χ1) is 15.5. The van der Waals surface area contributed by atoms with Crippen LogP contribution < -0.4 is 20.4 Å². The van der Waals surface area contributed by atoms with Gasteiger partial charge in [0.1, 0.15) is 13.2 Å². The van der Waals surface area contributed by atoms with Gasteiger partial charge in [0.05, 0.1) is 0 Å². The molecule has 1 heterocycles. The molecule has 1 saturated heterocycles. The highest BCUT2D eigenvalue weighted by Crippen LogP contribution is 2.20. The van der Waals surface area contributed by atoms with Crippen molar-refractivity contribution < 1.29 is 24.6 Å². The highest BCUT2D eigenvalue weighted by molar-refractivity contribution is 8.59. The van der Waals surface area contributed by atoms with E-state index in [2.05, 4.69) is 38.9 Å². The Morgan fingerprint density at radius 2 is 1.59 bits per heavy atom. The van der Waals surface area contributed by atoms with Crippen LogP contribution in [0.1, 0.15) is 10.4 Å². The molecule has 0 bridgehead atoms. The van der Waals surface area contributed by atoms with E-state index in [-0.39, 0.29) is 5.91 Å². The summed E-state index contributed by atoms with van der Waals surface area (Å²) in [6, 6.07) is 13.6. The molecular weight excluding hydrogens is 452 g/mol. The van der Waals surface area contributed by atoms with E-state index in [0.717, 1.165) is 36.8 Å². The molecule has 0 spiro atoms. The molecule has 0 saturated carbocycles. The number of thiol groups is 2. The maximum atomic E-state index is 12.5. The van der Waals surface area contributed by atoms with Gasteiger partial charge in [-0.05, 0) is 48.5 Å². The number of aliphatic hydroxyl groups excluding tert-OH is 1. The van der Waals surface area contributed by atoms with Crippen molar-refractivity contribution in [2.45, 2.75) is 0 Å². The summed E-state index contributed by atoms with van der Waals surface area (Å²) < 4.78 is 0. The third-order valence-electron chi connectivity index (χ3n) is 4.78. The molecule has 1 aliphatic rings. The number of piperazine rings is 1. The lowest BCUT2D eigenvalue weighted by Crippen LogP contribution is -2.43. The molecule has 3 rings (SSSR count). The molecule has 2 aromatic carbocycles. The fraction of sp³-hybridized carbons (Fsp3) is 0.286. The number of carboxylic acid groups (broad SMARTS) is 1. The molecule has 2 aromatic rings. The molecule has 4 N–H and O–H groups in total. The summed E-state index contributed by atoms with van der Waals surface area (Å²) in [5.74, 6) is -2.19. The smallest absolute Gasteiger partial charge is 0.323 e. The molecule has 0 aliphatic carbocycles. The molecular formula is C21H26N4O5S2. The van der Waals surface area contributed by atoms with Crippen LogP contribution in [0.5, 0.6) is 0 Å². The van der Waals surface area contributed by atoms with Crippen LogP contribution in [0.25, 0.3) is 0 Å². The molecule has 0 atom stereocenters. The minimum Gasteiger partial charge on any atom is -0.480 e. The van der Waals surface area contributed by atoms with Gasteiger partial charge in [-0.2, -0.15) is 0 Å². The Balaban J connectivity index is 0.00000176. The summed E-state index contributed by atoms with van der Waals surface area (Å²) in [5.41, 5.74) is 2.40. The first-order valence-electron chi connectivity index (χ1n) is 9.78. The summed E-state index contributed by atoms with van der Waals surface area (Å²) in [4.78, 5) is 38.5. The zero-order valence-corrected chi connectivity index (χ0v) is 19.1. The largest absolute Gasteiger partial charge is 0.480 e. The number of aliphatic carboxylic acids is 1. The fourth-order valence-electron chi connectivity index (χ4n) is 3.22. The number of nitrogens with one attached hydrogen (secondary N) is 2. The molecule has 0 radical (unpaired) electrons. The predicted molar refractivity (Wildman–Crippen MR) is 131 cm³/mol. The molecule has 9 nitrogen and oxygen atoms in total. The van der Waals surface area contributed by atoms with E-state index in [4.69, 9.17) is 10.2 Å². The monoisotopic (exact) mass is 478 g/mol. The summed E-state index contributed by atoms with van der Waals surface area (Å²) in [5, 5.41) is 24.1. The van der Waals surface area contributed by atoms with Gasteiger partial charge in [-0.15, -0.1) is 23.3 Å². The molecule has 0 aromatic heterocycles. The van der Waals surface area contributed by atoms with Crippen molar-refractivity contribution in [3.05, 3.63) is 54.1 Å². The van der Waals surface area contributed by atoms with Crippen molar-refractivity contribution in [2.75, 3.05) is 54.4 Å². The number of hydrogen-bond donors (Lipinski definition) is 6. The number of carbonyl (C=O) groups excluding carboxylic acids is 2. The number of benzene rings is 2. The van der Waals surface area contributed by atoms with E-state index in [0.29, 0.717) is 16.9 Å². The van der Waals surface area contributed by atoms with Gasteiger partial charge in [0.15, 0.2) is 0 Å². The lowest BCUT2D eigenvalue weighted by molar-refractivity contribution is -0.137. The molecule has 2 amide bonds. The van der Waals surface area contributed by atoms with E-state index in [1.165, 1.54) is 12.1 Å². The zero-order chi connectivity index (χ0) is 23.5. The van der Waals surface area contributed by atoms with Crippen LogP contribution in [-0.4, -0.2) is 67.3 Å². The molecule has 32 heavy (non-hydrogen) atoms. The second-order valence-corrected chi connectivity index (χ2v) is 6.82. The number of amides is 2. The van der Waals surface area contributed by atoms with Crippen LogP contribution in [0.3, 0.4) is 0 Å². The standard InChI is InChI=1S/C21H24N4O5.H2S2/c26-14-19(27)25(13-20(28)29)18-7-3-16(4-8-18)23-21(30)15-1-5-17(6-2-15)24-11-9-22-10-12-24;1-2/h1-8,22,26H,9-14H2,(H,23,30)(H,28,29);1-2H. The van der Waals surface area contributed by atoms with Gasteiger partial charge in [-0.3, -0.25) is 19.3 Å². The number of carboxylic acids is 1. The van der Waals surface area contributed by atoms with Crippen LogP contribution in [-0.2, 0) is 9.59 Å². The van der Waals surface area contributed by atoms with Crippen LogP contribution in [0.4, 0.5) is 17.1 Å². The summed E-state index contributed by atoms with van der Waals surface area (Å²) in [7, 11) is 0. The number of rotatable bonds is 7. The number of carbonyl (C=O) groups is 3. The van der Waals surface area contributed by atoms with Crippen molar-refractivity contribution in [3.8, 4) is 0 Å². The average molecular weight is 479 g/mol. The average Bonchev–Trinajstić information content (AvgIpc) is 2.84. The van der Waals surface area contributed by atoms with Gasteiger partial charge in [0.25, 0.3) is 11.8 Å². The highest BCUT2D eigenvalue weighted by atomic mass is 33.1. The first-order valence-corrected chi connectivity index (χ1v) is 11.4. The Kier molecular flexibility index (Phi) is 10.3. The van der Waals surface area contributed by atoms with E-state index in [1.54, 1.807) is 24.3 Å². The van der Waals surface area contributed by atoms with Gasteiger partial charge in [-0.25, -0.2) is 0 Å². The predicted octanol–water partition coefficient (Wildman–Crippen LogP) is 1.52. The van der Waals surface area contributed by atoms with Crippen molar-refractivity contribution in [2.24, 2.45) is 0 Å². The number of aliphatic hydroxyl groups is 1.